The number of carbonyl (C=O) groups is 3. The van der Waals surface area contributed by atoms with Crippen LogP contribution >= 0.6 is 0 Å². The van der Waals surface area contributed by atoms with Crippen LogP contribution in [0.4, 0.5) is 0 Å². The van der Waals surface area contributed by atoms with Gasteiger partial charge in [0.1, 0.15) is 6.54 Å². The van der Waals surface area contributed by atoms with Crippen molar-refractivity contribution in [1.29, 1.82) is 0 Å². The maximum absolute atomic E-state index is 13.1. The zero-order valence-electron chi connectivity index (χ0n) is 15.5. The summed E-state index contributed by atoms with van der Waals surface area (Å²) in [5.41, 5.74) is 0. The van der Waals surface area contributed by atoms with Gasteiger partial charge in [0.25, 0.3) is 0 Å². The zero-order chi connectivity index (χ0) is 18.0. The Morgan fingerprint density at radius 3 is 2.38 bits per heavy atom. The number of hydrogen-bond acceptors (Lipinski definition) is 3. The highest BCUT2D eigenvalue weighted by molar-refractivity contribution is 6.08. The molecule has 26 heavy (non-hydrogen) atoms. The van der Waals surface area contributed by atoms with Crippen molar-refractivity contribution in [3.05, 3.63) is 12.2 Å². The molecule has 4 fully saturated rings. The lowest BCUT2D eigenvalue weighted by Crippen LogP contribution is -2.55. The average Bonchev–Trinajstić information content (AvgIpc) is 3.32. The molecule has 5 aliphatic rings. The van der Waals surface area contributed by atoms with Gasteiger partial charge in [0.15, 0.2) is 0 Å². The molecular weight excluding hydrogens is 328 g/mol. The number of imide groups is 1. The van der Waals surface area contributed by atoms with Crippen LogP contribution in [0.5, 0.6) is 0 Å². The van der Waals surface area contributed by atoms with E-state index in [0.29, 0.717) is 17.9 Å². The molecule has 2 saturated heterocycles. The molecule has 140 valence electrons. The molecule has 5 nitrogen and oxygen atoms in total. The first-order valence-electron chi connectivity index (χ1n) is 10.4. The summed E-state index contributed by atoms with van der Waals surface area (Å²) in [6, 6.07) is 0.310. The molecule has 5 rings (SSSR count). The van der Waals surface area contributed by atoms with E-state index in [1.807, 2.05) is 4.90 Å². The predicted octanol–water partition coefficient (Wildman–Crippen LogP) is 2.22. The lowest BCUT2D eigenvalue weighted by Gasteiger charge is -2.47. The van der Waals surface area contributed by atoms with Crippen molar-refractivity contribution in [2.24, 2.45) is 35.5 Å². The molecule has 2 aliphatic heterocycles. The van der Waals surface area contributed by atoms with E-state index in [9.17, 15) is 14.4 Å². The largest absolute Gasteiger partial charge is 0.338 e. The molecule has 7 atom stereocenters. The molecule has 3 amide bonds. The van der Waals surface area contributed by atoms with Crippen molar-refractivity contribution >= 4 is 17.7 Å². The summed E-state index contributed by atoms with van der Waals surface area (Å²) in [4.78, 5) is 42.0. The molecule has 3 aliphatic carbocycles. The third kappa shape index (κ3) is 2.25. The molecular formula is C21H28N2O3. The number of carbonyl (C=O) groups excluding carboxylic acids is 3. The Bertz CT molecular complexity index is 657. The van der Waals surface area contributed by atoms with Crippen LogP contribution in [-0.4, -0.2) is 46.7 Å². The van der Waals surface area contributed by atoms with E-state index >= 15 is 0 Å². The highest BCUT2D eigenvalue weighted by Crippen LogP contribution is 2.52. The van der Waals surface area contributed by atoms with E-state index in [1.54, 1.807) is 0 Å². The molecule has 2 saturated carbocycles. The number of rotatable bonds is 2. The number of fused-ring (bicyclic) bond motifs is 6. The minimum atomic E-state index is -0.200. The molecule has 0 radical (unpaired) electrons. The Balaban J connectivity index is 1.31. The number of hydrogen-bond donors (Lipinski definition) is 0. The summed E-state index contributed by atoms with van der Waals surface area (Å²) in [5.74, 6) is 1.05. The fourth-order valence-corrected chi connectivity index (χ4v) is 6.57. The van der Waals surface area contributed by atoms with E-state index in [0.717, 1.165) is 25.8 Å². The Labute approximate surface area is 154 Å². The number of allylic oxidation sites excluding steroid dienone is 2. The third-order valence-corrected chi connectivity index (χ3v) is 7.91. The van der Waals surface area contributed by atoms with Gasteiger partial charge in [0.2, 0.25) is 17.7 Å². The van der Waals surface area contributed by atoms with Crippen LogP contribution in [0.3, 0.4) is 0 Å². The topological polar surface area (TPSA) is 57.7 Å². The summed E-state index contributed by atoms with van der Waals surface area (Å²) in [6.45, 7) is 3.04. The summed E-state index contributed by atoms with van der Waals surface area (Å²) in [5, 5.41) is 0. The van der Waals surface area contributed by atoms with Crippen molar-refractivity contribution in [3.8, 4) is 0 Å². The average molecular weight is 356 g/mol. The SMILES string of the molecule is C[C@@H]1CCN(C(=O)CN2C(=O)[C@@H]3[C@H](C2=O)[C@H]2C=C[C@H]3C2)[C@@H]2CCCC[C@@H]12. The lowest BCUT2D eigenvalue weighted by molar-refractivity contribution is -0.150. The Morgan fingerprint density at radius 1 is 1.04 bits per heavy atom. The zero-order valence-corrected chi connectivity index (χ0v) is 15.5. The molecule has 0 aromatic carbocycles. The quantitative estimate of drug-likeness (QED) is 0.563. The Morgan fingerprint density at radius 2 is 1.69 bits per heavy atom. The highest BCUT2D eigenvalue weighted by Gasteiger charge is 2.59. The standard InChI is InChI=1S/C21H28N2O3/c1-12-8-9-22(16-5-3-2-4-15(12)16)17(24)11-23-20(25)18-13-6-7-14(10-13)19(18)21(23)26/h6-7,12-16,18-19H,2-5,8-11H2,1H3/t12-,13+,14+,15+,16-,18-,19+/m1/s1. The second kappa shape index (κ2) is 5.93. The summed E-state index contributed by atoms with van der Waals surface area (Å²) in [7, 11) is 0. The van der Waals surface area contributed by atoms with Gasteiger partial charge in [-0.15, -0.1) is 0 Å². The first kappa shape index (κ1) is 16.5. The lowest BCUT2D eigenvalue weighted by atomic mass is 9.72. The van der Waals surface area contributed by atoms with Crippen LogP contribution < -0.4 is 0 Å². The van der Waals surface area contributed by atoms with Crippen LogP contribution in [0.1, 0.15) is 45.4 Å². The fourth-order valence-electron chi connectivity index (χ4n) is 6.57. The Hall–Kier alpha value is -1.65. The van der Waals surface area contributed by atoms with Crippen molar-refractivity contribution in [2.45, 2.75) is 51.5 Å². The third-order valence-electron chi connectivity index (χ3n) is 7.91. The van der Waals surface area contributed by atoms with Gasteiger partial charge < -0.3 is 4.90 Å². The van der Waals surface area contributed by atoms with Crippen molar-refractivity contribution in [3.63, 3.8) is 0 Å². The van der Waals surface area contributed by atoms with Crippen LogP contribution in [0, 0.1) is 35.5 Å². The van der Waals surface area contributed by atoms with Gasteiger partial charge in [-0.3, -0.25) is 19.3 Å². The first-order valence-corrected chi connectivity index (χ1v) is 10.4. The van der Waals surface area contributed by atoms with Gasteiger partial charge >= 0.3 is 0 Å². The Kier molecular flexibility index (Phi) is 3.77. The number of piperidine rings is 1. The molecule has 0 unspecified atom stereocenters. The maximum Gasteiger partial charge on any atom is 0.243 e. The van der Waals surface area contributed by atoms with Crippen molar-refractivity contribution in [1.82, 2.24) is 9.80 Å². The fraction of sp³-hybridized carbons (Fsp3) is 0.762. The van der Waals surface area contributed by atoms with Crippen LogP contribution in [0.15, 0.2) is 12.2 Å². The first-order chi connectivity index (χ1) is 12.6. The van der Waals surface area contributed by atoms with E-state index in [2.05, 4.69) is 19.1 Å². The van der Waals surface area contributed by atoms with E-state index in [4.69, 9.17) is 0 Å². The number of likely N-dealkylation sites (tertiary alicyclic amines) is 2. The maximum atomic E-state index is 13.1. The number of nitrogens with zero attached hydrogens (tertiary/aromatic N) is 2. The molecule has 5 heteroatoms. The summed E-state index contributed by atoms with van der Waals surface area (Å²) >= 11 is 0. The van der Waals surface area contributed by atoms with E-state index in [1.165, 1.54) is 24.2 Å². The van der Waals surface area contributed by atoms with Crippen LogP contribution in [0.2, 0.25) is 0 Å². The van der Waals surface area contributed by atoms with Gasteiger partial charge in [-0.2, -0.15) is 0 Å². The van der Waals surface area contributed by atoms with Gasteiger partial charge in [-0.1, -0.05) is 31.9 Å². The van der Waals surface area contributed by atoms with Gasteiger partial charge in [-0.05, 0) is 49.4 Å². The second-order valence-electron chi connectivity index (χ2n) is 9.13. The smallest absolute Gasteiger partial charge is 0.243 e. The molecule has 2 bridgehead atoms. The predicted molar refractivity (Wildman–Crippen MR) is 95.7 cm³/mol. The summed E-state index contributed by atoms with van der Waals surface area (Å²) in [6.07, 6.45) is 10.9. The van der Waals surface area contributed by atoms with E-state index < -0.39 is 0 Å². The molecule has 0 spiro atoms. The van der Waals surface area contributed by atoms with Crippen LogP contribution in [-0.2, 0) is 14.4 Å². The number of amides is 3. The molecule has 0 aromatic rings. The minimum absolute atomic E-state index is 0.0178. The van der Waals surface area contributed by atoms with E-state index in [-0.39, 0.29) is 47.9 Å². The monoisotopic (exact) mass is 356 g/mol. The van der Waals surface area contributed by atoms with Gasteiger partial charge in [0.05, 0.1) is 11.8 Å². The minimum Gasteiger partial charge on any atom is -0.338 e. The molecule has 0 N–H and O–H groups in total. The normalized spacial score (nSPS) is 43.8. The second-order valence-corrected chi connectivity index (χ2v) is 9.13. The van der Waals surface area contributed by atoms with Crippen molar-refractivity contribution < 1.29 is 14.4 Å². The van der Waals surface area contributed by atoms with Crippen molar-refractivity contribution in [2.75, 3.05) is 13.1 Å². The van der Waals surface area contributed by atoms with Gasteiger partial charge in [-0.25, -0.2) is 0 Å². The summed E-state index contributed by atoms with van der Waals surface area (Å²) < 4.78 is 0. The van der Waals surface area contributed by atoms with Crippen LogP contribution in [0.25, 0.3) is 0 Å². The molecule has 0 aromatic heterocycles. The van der Waals surface area contributed by atoms with Gasteiger partial charge in [0, 0.05) is 12.6 Å². The molecule has 2 heterocycles. The highest BCUT2D eigenvalue weighted by atomic mass is 16.2.